The molecule has 0 unspecified atom stereocenters. The third-order valence-electron chi connectivity index (χ3n) is 1.82. The first-order valence-electron chi connectivity index (χ1n) is 3.71. The van der Waals surface area contributed by atoms with Crippen LogP contribution in [0.25, 0.3) is 10.8 Å². The summed E-state index contributed by atoms with van der Waals surface area (Å²) >= 11 is 3.85. The Morgan fingerprint density at radius 2 is 2.15 bits per heavy atom. The van der Waals surface area contributed by atoms with Crippen LogP contribution in [0.1, 0.15) is 0 Å². The average Bonchev–Trinajstić information content (AvgIpc) is 2.17. The van der Waals surface area contributed by atoms with Gasteiger partial charge in [0.25, 0.3) is 0 Å². The molecule has 0 atom stereocenters. The lowest BCUT2D eigenvalue weighted by molar-refractivity contribution is 0.605. The molecular weight excluding hydrogens is 248 g/mol. The quantitative estimate of drug-likeness (QED) is 0.713. The van der Waals surface area contributed by atoms with E-state index in [0.717, 1.165) is 15.2 Å². The SMILES string of the molecule is O=[S+]c1[c]ccc2ccc(Br)cc12. The van der Waals surface area contributed by atoms with Gasteiger partial charge >= 0.3 is 16.6 Å². The van der Waals surface area contributed by atoms with E-state index in [-0.39, 0.29) is 0 Å². The Morgan fingerprint density at radius 1 is 1.31 bits per heavy atom. The molecule has 0 heterocycles. The first kappa shape index (κ1) is 8.78. The summed E-state index contributed by atoms with van der Waals surface area (Å²) in [6.07, 6.45) is 0. The summed E-state index contributed by atoms with van der Waals surface area (Å²) in [5, 5.41) is 2.03. The topological polar surface area (TPSA) is 17.1 Å². The maximum absolute atomic E-state index is 10.7. The van der Waals surface area contributed by atoms with E-state index < -0.39 is 0 Å². The molecule has 0 aliphatic rings. The molecule has 13 heavy (non-hydrogen) atoms. The molecule has 0 aromatic heterocycles. The van der Waals surface area contributed by atoms with Crippen molar-refractivity contribution in [3.05, 3.63) is 40.9 Å². The molecule has 0 aliphatic heterocycles. The van der Waals surface area contributed by atoms with Crippen LogP contribution in [0.2, 0.25) is 0 Å². The van der Waals surface area contributed by atoms with E-state index in [1.807, 2.05) is 24.3 Å². The smallest absolute Gasteiger partial charge is 0.0533 e. The van der Waals surface area contributed by atoms with E-state index in [9.17, 15) is 4.21 Å². The molecule has 0 saturated heterocycles. The minimum Gasteiger partial charge on any atom is -0.0533 e. The molecule has 2 aromatic rings. The Hall–Kier alpha value is -0.800. The van der Waals surface area contributed by atoms with Gasteiger partial charge in [0, 0.05) is 8.68 Å². The highest BCUT2D eigenvalue weighted by atomic mass is 79.9. The van der Waals surface area contributed by atoms with Crippen molar-refractivity contribution in [2.24, 2.45) is 0 Å². The first-order valence-corrected chi connectivity index (χ1v) is 5.24. The van der Waals surface area contributed by atoms with Crippen LogP contribution in [0.5, 0.6) is 0 Å². The van der Waals surface area contributed by atoms with Crippen molar-refractivity contribution in [1.29, 1.82) is 0 Å². The molecule has 0 amide bonds. The minimum atomic E-state index is 0.481. The average molecular weight is 253 g/mol. The van der Waals surface area contributed by atoms with Crippen LogP contribution >= 0.6 is 15.9 Å². The van der Waals surface area contributed by atoms with E-state index in [4.69, 9.17) is 0 Å². The summed E-state index contributed by atoms with van der Waals surface area (Å²) in [4.78, 5) is 0.652. The zero-order valence-electron chi connectivity index (χ0n) is 6.58. The maximum Gasteiger partial charge on any atom is 0.506 e. The molecular formula is C10H5BrOS+. The second-order valence-corrected chi connectivity index (χ2v) is 4.11. The van der Waals surface area contributed by atoms with Crippen LogP contribution < -0.4 is 0 Å². The zero-order valence-corrected chi connectivity index (χ0v) is 8.98. The van der Waals surface area contributed by atoms with Gasteiger partial charge in [0.15, 0.2) is 0 Å². The van der Waals surface area contributed by atoms with E-state index in [1.165, 1.54) is 0 Å². The zero-order chi connectivity index (χ0) is 9.26. The molecule has 2 rings (SSSR count). The summed E-state index contributed by atoms with van der Waals surface area (Å²) in [7, 11) is 0. The van der Waals surface area contributed by atoms with Crippen LogP contribution in [0.15, 0.2) is 39.7 Å². The number of rotatable bonds is 1. The van der Waals surface area contributed by atoms with Crippen molar-refractivity contribution < 1.29 is 4.21 Å². The molecule has 0 fully saturated rings. The lowest BCUT2D eigenvalue weighted by Crippen LogP contribution is -1.79. The standard InChI is InChI=1S/C10H5BrOS/c11-8-5-4-7-2-1-3-10(13-12)9(7)6-8/h1-2,4-6H/q+1. The normalized spacial score (nSPS) is 10.2. The minimum absolute atomic E-state index is 0.481. The number of fused-ring (bicyclic) bond motifs is 1. The van der Waals surface area contributed by atoms with E-state index >= 15 is 0 Å². The number of hydrogen-bond acceptors (Lipinski definition) is 1. The Balaban J connectivity index is 2.86. The van der Waals surface area contributed by atoms with Gasteiger partial charge in [0.1, 0.15) is 0 Å². The van der Waals surface area contributed by atoms with Crippen LogP contribution in [0.4, 0.5) is 0 Å². The summed E-state index contributed by atoms with van der Waals surface area (Å²) in [6.45, 7) is 0. The van der Waals surface area contributed by atoms with E-state index in [0.29, 0.717) is 16.6 Å². The summed E-state index contributed by atoms with van der Waals surface area (Å²) in [5.41, 5.74) is 0. The molecule has 0 N–H and O–H groups in total. The predicted molar refractivity (Wildman–Crippen MR) is 56.8 cm³/mol. The van der Waals surface area contributed by atoms with Crippen LogP contribution in [0.3, 0.4) is 0 Å². The summed E-state index contributed by atoms with van der Waals surface area (Å²) < 4.78 is 11.7. The highest BCUT2D eigenvalue weighted by molar-refractivity contribution is 9.10. The van der Waals surface area contributed by atoms with Crippen molar-refractivity contribution >= 4 is 38.4 Å². The Morgan fingerprint density at radius 3 is 2.92 bits per heavy atom. The van der Waals surface area contributed by atoms with Gasteiger partial charge in [-0.15, -0.1) is 0 Å². The second kappa shape index (κ2) is 3.52. The van der Waals surface area contributed by atoms with Gasteiger partial charge in [-0.1, -0.05) is 28.1 Å². The molecule has 0 spiro atoms. The molecule has 2 aromatic carbocycles. The second-order valence-electron chi connectivity index (χ2n) is 2.62. The molecule has 0 saturated carbocycles. The highest BCUT2D eigenvalue weighted by Gasteiger charge is 2.11. The Kier molecular flexibility index (Phi) is 2.38. The third-order valence-corrected chi connectivity index (χ3v) is 2.82. The third kappa shape index (κ3) is 1.62. The lowest BCUT2D eigenvalue weighted by atomic mass is 10.1. The lowest BCUT2D eigenvalue weighted by Gasteiger charge is -1.94. The largest absolute Gasteiger partial charge is 0.506 e. The molecule has 0 bridgehead atoms. The van der Waals surface area contributed by atoms with Gasteiger partial charge in [-0.05, 0) is 23.6 Å². The van der Waals surface area contributed by atoms with E-state index in [1.54, 1.807) is 6.07 Å². The van der Waals surface area contributed by atoms with Gasteiger partial charge < -0.3 is 0 Å². The summed E-state index contributed by atoms with van der Waals surface area (Å²) in [5.74, 6) is 0. The van der Waals surface area contributed by atoms with Crippen molar-refractivity contribution in [2.45, 2.75) is 4.90 Å². The molecule has 0 aliphatic carbocycles. The van der Waals surface area contributed by atoms with Gasteiger partial charge in [-0.2, -0.15) is 0 Å². The Labute approximate surface area is 88.4 Å². The fraction of sp³-hybridized carbons (Fsp3) is 0. The van der Waals surface area contributed by atoms with Gasteiger partial charge in [0.2, 0.25) is 0 Å². The van der Waals surface area contributed by atoms with Gasteiger partial charge in [0.05, 0.1) is 11.5 Å². The van der Waals surface area contributed by atoms with Crippen LogP contribution in [-0.4, -0.2) is 0 Å². The molecule has 3 heteroatoms. The number of halogens is 1. The fourth-order valence-electron chi connectivity index (χ4n) is 1.22. The summed E-state index contributed by atoms with van der Waals surface area (Å²) in [6, 6.07) is 12.5. The van der Waals surface area contributed by atoms with Gasteiger partial charge in [-0.3, -0.25) is 0 Å². The maximum atomic E-state index is 10.7. The van der Waals surface area contributed by atoms with E-state index in [2.05, 4.69) is 22.0 Å². The van der Waals surface area contributed by atoms with Gasteiger partial charge in [-0.25, -0.2) is 0 Å². The number of benzene rings is 2. The van der Waals surface area contributed by atoms with Crippen molar-refractivity contribution in [1.82, 2.24) is 0 Å². The molecule has 63 valence electrons. The highest BCUT2D eigenvalue weighted by Crippen LogP contribution is 2.22. The van der Waals surface area contributed by atoms with Crippen molar-refractivity contribution in [3.63, 3.8) is 0 Å². The molecule has 1 nitrogen and oxygen atoms in total. The van der Waals surface area contributed by atoms with Crippen molar-refractivity contribution in [2.75, 3.05) is 0 Å². The molecule has 1 radical (unpaired) electrons. The first-order chi connectivity index (χ1) is 6.31. The monoisotopic (exact) mass is 252 g/mol. The van der Waals surface area contributed by atoms with Crippen molar-refractivity contribution in [3.8, 4) is 0 Å². The van der Waals surface area contributed by atoms with Crippen LogP contribution in [0, 0.1) is 6.07 Å². The fourth-order valence-corrected chi connectivity index (χ4v) is 1.97. The predicted octanol–water partition coefficient (Wildman–Crippen LogP) is 3.19. The Bertz CT molecular complexity index is 467. The number of hydrogen-bond donors (Lipinski definition) is 0. The van der Waals surface area contributed by atoms with Crippen LogP contribution in [-0.2, 0) is 15.9 Å².